The SMILES string of the molecule is Cc1cc(O)cc2c1[nH]c(=O)c1sc(Cl)cc12. The van der Waals surface area contributed by atoms with Gasteiger partial charge in [0.15, 0.2) is 0 Å². The number of thiophene rings is 1. The second-order valence-corrected chi connectivity index (χ2v) is 5.62. The van der Waals surface area contributed by atoms with E-state index in [0.717, 1.165) is 21.9 Å². The summed E-state index contributed by atoms with van der Waals surface area (Å²) in [6.45, 7) is 1.85. The number of aromatic nitrogens is 1. The van der Waals surface area contributed by atoms with E-state index in [1.165, 1.54) is 11.3 Å². The molecule has 2 heterocycles. The predicted octanol–water partition coefficient (Wildman–Crippen LogP) is 3.41. The summed E-state index contributed by atoms with van der Waals surface area (Å²) in [5, 5.41) is 11.2. The molecule has 0 aliphatic rings. The summed E-state index contributed by atoms with van der Waals surface area (Å²) in [4.78, 5) is 14.7. The van der Waals surface area contributed by atoms with E-state index in [1.54, 1.807) is 18.2 Å². The van der Waals surface area contributed by atoms with E-state index in [-0.39, 0.29) is 11.3 Å². The number of phenols is 1. The molecule has 17 heavy (non-hydrogen) atoms. The van der Waals surface area contributed by atoms with Gasteiger partial charge in [-0.05, 0) is 30.7 Å². The minimum absolute atomic E-state index is 0.141. The fourth-order valence-corrected chi connectivity index (χ4v) is 3.18. The second-order valence-electron chi connectivity index (χ2n) is 3.93. The molecule has 0 bridgehead atoms. The Hall–Kier alpha value is -1.52. The van der Waals surface area contributed by atoms with Gasteiger partial charge in [-0.1, -0.05) is 11.6 Å². The van der Waals surface area contributed by atoms with Gasteiger partial charge < -0.3 is 10.1 Å². The average molecular weight is 266 g/mol. The number of aryl methyl sites for hydroxylation is 1. The van der Waals surface area contributed by atoms with Crippen molar-refractivity contribution in [2.24, 2.45) is 0 Å². The molecule has 0 fully saturated rings. The van der Waals surface area contributed by atoms with E-state index in [1.807, 2.05) is 6.92 Å². The smallest absolute Gasteiger partial charge is 0.266 e. The molecule has 2 aromatic heterocycles. The third-order valence-electron chi connectivity index (χ3n) is 2.76. The van der Waals surface area contributed by atoms with Crippen molar-refractivity contribution in [3.63, 3.8) is 0 Å². The van der Waals surface area contributed by atoms with E-state index in [4.69, 9.17) is 11.6 Å². The quantitative estimate of drug-likeness (QED) is 0.654. The van der Waals surface area contributed by atoms with Gasteiger partial charge in [-0.25, -0.2) is 0 Å². The third kappa shape index (κ3) is 1.52. The Balaban J connectivity index is 2.67. The van der Waals surface area contributed by atoms with Crippen molar-refractivity contribution in [3.8, 4) is 5.75 Å². The van der Waals surface area contributed by atoms with Crippen LogP contribution in [-0.4, -0.2) is 10.1 Å². The van der Waals surface area contributed by atoms with Crippen molar-refractivity contribution in [2.75, 3.05) is 0 Å². The fourth-order valence-electron chi connectivity index (χ4n) is 2.05. The molecule has 0 aliphatic heterocycles. The predicted molar refractivity (Wildman–Crippen MR) is 71.4 cm³/mol. The van der Waals surface area contributed by atoms with Crippen molar-refractivity contribution in [3.05, 3.63) is 38.5 Å². The Bertz CT molecular complexity index is 803. The first-order valence-corrected chi connectivity index (χ1v) is 6.20. The van der Waals surface area contributed by atoms with Crippen LogP contribution in [0.1, 0.15) is 5.56 Å². The van der Waals surface area contributed by atoms with E-state index in [0.29, 0.717) is 9.04 Å². The lowest BCUT2D eigenvalue weighted by atomic mass is 10.1. The molecule has 3 rings (SSSR count). The van der Waals surface area contributed by atoms with Crippen LogP contribution in [0.2, 0.25) is 4.34 Å². The van der Waals surface area contributed by atoms with Crippen molar-refractivity contribution in [2.45, 2.75) is 6.92 Å². The van der Waals surface area contributed by atoms with Gasteiger partial charge in [0.2, 0.25) is 0 Å². The summed E-state index contributed by atoms with van der Waals surface area (Å²) in [7, 11) is 0. The molecule has 5 heteroatoms. The normalized spacial score (nSPS) is 11.4. The standard InChI is InChI=1S/C12H8ClNO2S/c1-5-2-6(15)3-7-8-4-9(13)17-11(8)12(16)14-10(5)7/h2-4,15H,1H3,(H,14,16). The molecule has 3 nitrogen and oxygen atoms in total. The van der Waals surface area contributed by atoms with Crippen molar-refractivity contribution >= 4 is 43.9 Å². The molecule has 0 aliphatic carbocycles. The van der Waals surface area contributed by atoms with Crippen molar-refractivity contribution in [1.82, 2.24) is 4.98 Å². The summed E-state index contributed by atoms with van der Waals surface area (Å²) < 4.78 is 1.16. The van der Waals surface area contributed by atoms with Gasteiger partial charge in [0, 0.05) is 10.8 Å². The van der Waals surface area contributed by atoms with Gasteiger partial charge in [-0.3, -0.25) is 4.79 Å². The Morgan fingerprint density at radius 2 is 2.06 bits per heavy atom. The zero-order valence-electron chi connectivity index (χ0n) is 8.87. The van der Waals surface area contributed by atoms with Crippen molar-refractivity contribution < 1.29 is 5.11 Å². The van der Waals surface area contributed by atoms with Crippen LogP contribution in [0.15, 0.2) is 23.0 Å². The van der Waals surface area contributed by atoms with Crippen LogP contribution in [-0.2, 0) is 0 Å². The lowest BCUT2D eigenvalue weighted by Gasteiger charge is -2.04. The van der Waals surface area contributed by atoms with E-state index < -0.39 is 0 Å². The molecule has 0 saturated carbocycles. The number of pyridine rings is 1. The van der Waals surface area contributed by atoms with Gasteiger partial charge in [0.05, 0.1) is 9.85 Å². The van der Waals surface area contributed by atoms with Crippen LogP contribution in [0.4, 0.5) is 0 Å². The number of benzene rings is 1. The molecule has 86 valence electrons. The molecule has 1 aromatic carbocycles. The maximum atomic E-state index is 11.9. The number of halogens is 1. The van der Waals surface area contributed by atoms with Gasteiger partial charge in [0.1, 0.15) is 10.4 Å². The van der Waals surface area contributed by atoms with Gasteiger partial charge in [-0.2, -0.15) is 0 Å². The fraction of sp³-hybridized carbons (Fsp3) is 0.0833. The average Bonchev–Trinajstić information content (AvgIpc) is 2.63. The van der Waals surface area contributed by atoms with Crippen LogP contribution in [0.3, 0.4) is 0 Å². The molecule has 0 spiro atoms. The zero-order valence-corrected chi connectivity index (χ0v) is 10.4. The number of hydrogen-bond donors (Lipinski definition) is 2. The maximum Gasteiger partial charge on any atom is 0.266 e. The molecule has 0 unspecified atom stereocenters. The number of phenolic OH excluding ortho intramolecular Hbond substituents is 1. The Morgan fingerprint density at radius 1 is 1.29 bits per heavy atom. The van der Waals surface area contributed by atoms with Gasteiger partial charge in [0.25, 0.3) is 5.56 Å². The highest BCUT2D eigenvalue weighted by atomic mass is 35.5. The van der Waals surface area contributed by atoms with Crippen molar-refractivity contribution in [1.29, 1.82) is 0 Å². The van der Waals surface area contributed by atoms with Crippen LogP contribution < -0.4 is 5.56 Å². The first-order valence-electron chi connectivity index (χ1n) is 5.01. The van der Waals surface area contributed by atoms with Gasteiger partial charge in [-0.15, -0.1) is 11.3 Å². The third-order valence-corrected chi connectivity index (χ3v) is 4.02. The Labute approximate surface area is 105 Å². The highest BCUT2D eigenvalue weighted by Crippen LogP contribution is 2.33. The number of nitrogens with one attached hydrogen (secondary N) is 1. The van der Waals surface area contributed by atoms with Crippen LogP contribution in [0, 0.1) is 6.92 Å². The van der Waals surface area contributed by atoms with Gasteiger partial charge >= 0.3 is 0 Å². The molecule has 0 atom stereocenters. The number of H-pyrrole nitrogens is 1. The molecule has 0 saturated heterocycles. The summed E-state index contributed by atoms with van der Waals surface area (Å²) >= 11 is 7.18. The minimum atomic E-state index is -0.141. The highest BCUT2D eigenvalue weighted by Gasteiger charge is 2.11. The molecular weight excluding hydrogens is 258 g/mol. The highest BCUT2D eigenvalue weighted by molar-refractivity contribution is 7.22. The molecular formula is C12H8ClNO2S. The monoisotopic (exact) mass is 265 g/mol. The van der Waals surface area contributed by atoms with Crippen LogP contribution in [0.5, 0.6) is 5.75 Å². The number of aromatic amines is 1. The van der Waals surface area contributed by atoms with Crippen LogP contribution >= 0.6 is 22.9 Å². The zero-order chi connectivity index (χ0) is 12.2. The Kier molecular flexibility index (Phi) is 2.18. The first kappa shape index (κ1) is 10.6. The largest absolute Gasteiger partial charge is 0.508 e. The molecule has 0 amide bonds. The van der Waals surface area contributed by atoms with E-state index in [2.05, 4.69) is 4.98 Å². The van der Waals surface area contributed by atoms with E-state index >= 15 is 0 Å². The molecule has 3 aromatic rings. The lowest BCUT2D eigenvalue weighted by Crippen LogP contribution is -2.04. The Morgan fingerprint density at radius 3 is 2.82 bits per heavy atom. The number of aromatic hydroxyl groups is 1. The second kappa shape index (κ2) is 3.48. The van der Waals surface area contributed by atoms with Crippen LogP contribution in [0.25, 0.3) is 21.0 Å². The first-order chi connectivity index (χ1) is 8.06. The number of hydrogen-bond acceptors (Lipinski definition) is 3. The number of fused-ring (bicyclic) bond motifs is 3. The summed E-state index contributed by atoms with van der Waals surface area (Å²) in [6.07, 6.45) is 0. The summed E-state index contributed by atoms with van der Waals surface area (Å²) in [6, 6.07) is 5.03. The summed E-state index contributed by atoms with van der Waals surface area (Å²) in [5.74, 6) is 0.186. The summed E-state index contributed by atoms with van der Waals surface area (Å²) in [5.41, 5.74) is 1.44. The topological polar surface area (TPSA) is 53.1 Å². The minimum Gasteiger partial charge on any atom is -0.508 e. The number of rotatable bonds is 0. The molecule has 2 N–H and O–H groups in total. The lowest BCUT2D eigenvalue weighted by molar-refractivity contribution is 0.476. The molecule has 0 radical (unpaired) electrons. The van der Waals surface area contributed by atoms with E-state index in [9.17, 15) is 9.90 Å². The maximum absolute atomic E-state index is 11.9.